The fraction of sp³-hybridized carbons (Fsp3) is 0.588. The van der Waals surface area contributed by atoms with Gasteiger partial charge in [-0.25, -0.2) is 0 Å². The highest BCUT2D eigenvalue weighted by molar-refractivity contribution is 6.30. The lowest BCUT2D eigenvalue weighted by Crippen LogP contribution is -2.50. The van der Waals surface area contributed by atoms with E-state index in [1.165, 1.54) is 0 Å². The van der Waals surface area contributed by atoms with Crippen LogP contribution in [0.1, 0.15) is 46.2 Å². The lowest BCUT2D eigenvalue weighted by Gasteiger charge is -2.32. The molecule has 0 bridgehead atoms. The zero-order chi connectivity index (χ0) is 16.9. The van der Waals surface area contributed by atoms with E-state index in [9.17, 15) is 9.90 Å². The Kier molecular flexibility index (Phi) is 6.85. The number of benzene rings is 1. The highest BCUT2D eigenvalue weighted by Gasteiger charge is 2.26. The Balaban J connectivity index is 2.67. The molecule has 5 heteroatoms. The van der Waals surface area contributed by atoms with Crippen molar-refractivity contribution in [3.05, 3.63) is 34.9 Å². The van der Waals surface area contributed by atoms with Crippen LogP contribution < -0.4 is 5.32 Å². The van der Waals surface area contributed by atoms with Gasteiger partial charge in [-0.15, -0.1) is 0 Å². The van der Waals surface area contributed by atoms with Gasteiger partial charge in [0.1, 0.15) is 0 Å². The van der Waals surface area contributed by atoms with Gasteiger partial charge in [-0.05, 0) is 51.9 Å². The number of carbonyl (C=O) groups excluding carboxylic acids is 1. The summed E-state index contributed by atoms with van der Waals surface area (Å²) in [4.78, 5) is 14.4. The van der Waals surface area contributed by atoms with Crippen molar-refractivity contribution in [2.24, 2.45) is 0 Å². The molecule has 0 aromatic heterocycles. The second-order valence-corrected chi connectivity index (χ2v) is 6.77. The molecule has 124 valence electrons. The summed E-state index contributed by atoms with van der Waals surface area (Å²) in [5.41, 5.74) is 0.183. The van der Waals surface area contributed by atoms with Gasteiger partial charge in [0.15, 0.2) is 0 Å². The smallest absolute Gasteiger partial charge is 0.237 e. The molecule has 2 unspecified atom stereocenters. The molecule has 0 saturated heterocycles. The molecule has 1 aromatic rings. The van der Waals surface area contributed by atoms with E-state index in [-0.39, 0.29) is 18.0 Å². The molecule has 2 atom stereocenters. The van der Waals surface area contributed by atoms with E-state index in [0.29, 0.717) is 18.1 Å². The minimum atomic E-state index is -0.827. The third-order valence-corrected chi connectivity index (χ3v) is 3.90. The molecule has 4 nitrogen and oxygen atoms in total. The van der Waals surface area contributed by atoms with Gasteiger partial charge in [-0.2, -0.15) is 0 Å². The highest BCUT2D eigenvalue weighted by Crippen LogP contribution is 2.17. The van der Waals surface area contributed by atoms with Crippen LogP contribution in [0.15, 0.2) is 24.3 Å². The van der Waals surface area contributed by atoms with E-state index in [2.05, 4.69) is 5.32 Å². The summed E-state index contributed by atoms with van der Waals surface area (Å²) in [7, 11) is 0. The van der Waals surface area contributed by atoms with Gasteiger partial charge >= 0.3 is 0 Å². The summed E-state index contributed by atoms with van der Waals surface area (Å²) in [6, 6.07) is 7.06. The Bertz CT molecular complexity index is 482. The number of rotatable bonds is 7. The van der Waals surface area contributed by atoms with Crippen molar-refractivity contribution in [2.45, 2.75) is 52.3 Å². The lowest BCUT2D eigenvalue weighted by atomic mass is 10.1. The van der Waals surface area contributed by atoms with E-state index in [4.69, 9.17) is 11.6 Å². The Morgan fingerprint density at radius 3 is 2.32 bits per heavy atom. The zero-order valence-corrected chi connectivity index (χ0v) is 14.8. The highest BCUT2D eigenvalue weighted by atomic mass is 35.5. The summed E-state index contributed by atoms with van der Waals surface area (Å²) in [5.74, 6) is -0.0476. The van der Waals surface area contributed by atoms with Gasteiger partial charge in [0.2, 0.25) is 5.91 Å². The predicted molar refractivity (Wildman–Crippen MR) is 91.0 cm³/mol. The Morgan fingerprint density at radius 2 is 1.86 bits per heavy atom. The lowest BCUT2D eigenvalue weighted by molar-refractivity contribution is -0.127. The summed E-state index contributed by atoms with van der Waals surface area (Å²) >= 11 is 5.88. The number of halogens is 1. The minimum absolute atomic E-state index is 0.0476. The Hall–Kier alpha value is -1.10. The number of hydrogen-bond donors (Lipinski definition) is 2. The van der Waals surface area contributed by atoms with E-state index in [1.807, 2.05) is 49.9 Å². The number of likely N-dealkylation sites (N-methyl/N-ethyl adjacent to an activating group) is 1. The topological polar surface area (TPSA) is 52.6 Å². The van der Waals surface area contributed by atoms with Crippen LogP contribution in [0.5, 0.6) is 0 Å². The first kappa shape index (κ1) is 18.9. The van der Waals surface area contributed by atoms with Crippen LogP contribution in [0.4, 0.5) is 0 Å². The van der Waals surface area contributed by atoms with E-state index in [0.717, 1.165) is 5.56 Å². The van der Waals surface area contributed by atoms with Crippen LogP contribution in [0.2, 0.25) is 5.02 Å². The molecule has 2 N–H and O–H groups in total. The summed E-state index contributed by atoms with van der Waals surface area (Å²) in [6.07, 6.45) is 0. The summed E-state index contributed by atoms with van der Waals surface area (Å²) in [6.45, 7) is 10.4. The van der Waals surface area contributed by atoms with Crippen molar-refractivity contribution in [3.8, 4) is 0 Å². The molecule has 1 aromatic carbocycles. The van der Waals surface area contributed by atoms with Crippen LogP contribution in [-0.2, 0) is 4.79 Å². The first-order chi connectivity index (χ1) is 10.1. The van der Waals surface area contributed by atoms with Crippen molar-refractivity contribution < 1.29 is 9.90 Å². The molecule has 0 fully saturated rings. The number of nitrogens with one attached hydrogen (secondary N) is 1. The summed E-state index contributed by atoms with van der Waals surface area (Å²) < 4.78 is 0. The number of carbonyl (C=O) groups is 1. The monoisotopic (exact) mass is 326 g/mol. The average Bonchev–Trinajstić information content (AvgIpc) is 2.43. The van der Waals surface area contributed by atoms with Gasteiger partial charge in [-0.3, -0.25) is 9.69 Å². The van der Waals surface area contributed by atoms with E-state index >= 15 is 0 Å². The van der Waals surface area contributed by atoms with Gasteiger partial charge < -0.3 is 10.4 Å². The largest absolute Gasteiger partial charge is 0.389 e. The fourth-order valence-corrected chi connectivity index (χ4v) is 2.48. The van der Waals surface area contributed by atoms with Gasteiger partial charge in [0, 0.05) is 11.6 Å². The van der Waals surface area contributed by atoms with Crippen molar-refractivity contribution in [1.29, 1.82) is 0 Å². The van der Waals surface area contributed by atoms with E-state index in [1.54, 1.807) is 13.8 Å². The molecule has 0 aliphatic heterocycles. The number of aliphatic hydroxyl groups is 1. The molecular formula is C17H27ClN2O2. The predicted octanol–water partition coefficient (Wildman–Crippen LogP) is 3.00. The number of amides is 1. The molecule has 0 radical (unpaired) electrons. The third-order valence-electron chi connectivity index (χ3n) is 3.65. The Labute approximate surface area is 138 Å². The first-order valence-electron chi connectivity index (χ1n) is 7.66. The molecule has 0 aliphatic rings. The van der Waals surface area contributed by atoms with Crippen LogP contribution in [0, 0.1) is 0 Å². The molecule has 1 amide bonds. The van der Waals surface area contributed by atoms with Crippen molar-refractivity contribution >= 4 is 17.5 Å². The molecule has 1 rings (SSSR count). The standard InChI is InChI=1S/C17H27ClN2O2/c1-6-20(11-17(4,5)22)13(3)16(21)19-12(2)14-7-9-15(18)10-8-14/h7-10,12-13,22H,6,11H2,1-5H3,(H,19,21). The third kappa shape index (κ3) is 5.95. The Morgan fingerprint density at radius 1 is 1.32 bits per heavy atom. The van der Waals surface area contributed by atoms with Gasteiger partial charge in [0.05, 0.1) is 17.7 Å². The quantitative estimate of drug-likeness (QED) is 0.810. The second-order valence-electron chi connectivity index (χ2n) is 6.33. The molecule has 0 saturated carbocycles. The zero-order valence-electron chi connectivity index (χ0n) is 14.1. The van der Waals surface area contributed by atoms with Crippen molar-refractivity contribution in [1.82, 2.24) is 10.2 Å². The molecular weight excluding hydrogens is 300 g/mol. The molecule has 0 spiro atoms. The first-order valence-corrected chi connectivity index (χ1v) is 8.04. The maximum atomic E-state index is 12.4. The normalized spacial score (nSPS) is 14.7. The fourth-order valence-electron chi connectivity index (χ4n) is 2.35. The van der Waals surface area contributed by atoms with Gasteiger partial charge in [0.25, 0.3) is 0 Å². The SMILES string of the molecule is CCN(CC(C)(C)O)C(C)C(=O)NC(C)c1ccc(Cl)cc1. The van der Waals surface area contributed by atoms with Crippen LogP contribution in [0.25, 0.3) is 0 Å². The van der Waals surface area contributed by atoms with Gasteiger partial charge in [-0.1, -0.05) is 30.7 Å². The average molecular weight is 327 g/mol. The number of nitrogens with zero attached hydrogens (tertiary/aromatic N) is 1. The number of hydrogen-bond acceptors (Lipinski definition) is 3. The molecule has 0 heterocycles. The second kappa shape index (κ2) is 7.95. The maximum absolute atomic E-state index is 12.4. The minimum Gasteiger partial charge on any atom is -0.389 e. The van der Waals surface area contributed by atoms with Crippen molar-refractivity contribution in [3.63, 3.8) is 0 Å². The molecule has 0 aliphatic carbocycles. The maximum Gasteiger partial charge on any atom is 0.237 e. The van der Waals surface area contributed by atoms with Crippen LogP contribution >= 0.6 is 11.6 Å². The van der Waals surface area contributed by atoms with Crippen LogP contribution in [-0.4, -0.2) is 40.6 Å². The summed E-state index contributed by atoms with van der Waals surface area (Å²) in [5, 5.41) is 13.6. The van der Waals surface area contributed by atoms with Crippen LogP contribution in [0.3, 0.4) is 0 Å². The van der Waals surface area contributed by atoms with Crippen molar-refractivity contribution in [2.75, 3.05) is 13.1 Å². The molecule has 22 heavy (non-hydrogen) atoms. The van der Waals surface area contributed by atoms with E-state index < -0.39 is 5.60 Å².